The lowest BCUT2D eigenvalue weighted by Crippen LogP contribution is -2.40. The van der Waals surface area contributed by atoms with Gasteiger partial charge in [-0.15, -0.1) is 0 Å². The van der Waals surface area contributed by atoms with Crippen molar-refractivity contribution in [2.24, 2.45) is 5.73 Å². The number of nitrogens with zero attached hydrogens (tertiary/aromatic N) is 1. The molecular formula is C27H40ClN3O3Si2. The SMILES string of the molecule is COc1ccc2c(c1)c(CC(=O)NC[Si](C)(C)C)c(C)n2C(=O)c1ccc(Cl)cc1.C[Si](C)(C)CN. The molecule has 36 heavy (non-hydrogen) atoms. The predicted molar refractivity (Wildman–Crippen MR) is 157 cm³/mol. The third-order valence-corrected chi connectivity index (χ3v) is 8.32. The number of carbonyl (C=O) groups is 2. The van der Waals surface area contributed by atoms with E-state index in [-0.39, 0.29) is 18.2 Å². The van der Waals surface area contributed by atoms with Gasteiger partial charge in [0.1, 0.15) is 5.75 Å². The van der Waals surface area contributed by atoms with Gasteiger partial charge >= 0.3 is 0 Å². The van der Waals surface area contributed by atoms with Crippen molar-refractivity contribution in [3.05, 3.63) is 64.3 Å². The second kappa shape index (κ2) is 12.2. The third-order valence-electron chi connectivity index (χ3n) is 5.60. The fraction of sp³-hybridized carbons (Fsp3) is 0.407. The highest BCUT2D eigenvalue weighted by molar-refractivity contribution is 6.76. The zero-order valence-corrected chi connectivity index (χ0v) is 25.5. The van der Waals surface area contributed by atoms with E-state index >= 15 is 0 Å². The molecule has 1 amide bonds. The summed E-state index contributed by atoms with van der Waals surface area (Å²) in [5, 5.41) is 4.47. The summed E-state index contributed by atoms with van der Waals surface area (Å²) >= 11 is 5.97. The second-order valence-electron chi connectivity index (χ2n) is 11.4. The molecule has 0 fully saturated rings. The Morgan fingerprint density at radius 2 is 1.58 bits per heavy atom. The minimum atomic E-state index is -1.40. The number of rotatable bonds is 7. The molecule has 0 saturated carbocycles. The molecular weight excluding hydrogens is 506 g/mol. The van der Waals surface area contributed by atoms with E-state index in [0.29, 0.717) is 16.3 Å². The lowest BCUT2D eigenvalue weighted by atomic mass is 10.1. The van der Waals surface area contributed by atoms with E-state index in [0.717, 1.165) is 34.5 Å². The average molecular weight is 546 g/mol. The number of benzene rings is 2. The molecule has 6 nitrogen and oxygen atoms in total. The van der Waals surface area contributed by atoms with Gasteiger partial charge in [0.25, 0.3) is 5.91 Å². The van der Waals surface area contributed by atoms with Crippen molar-refractivity contribution in [3.63, 3.8) is 0 Å². The van der Waals surface area contributed by atoms with Crippen molar-refractivity contribution < 1.29 is 14.3 Å². The Morgan fingerprint density at radius 3 is 2.08 bits per heavy atom. The van der Waals surface area contributed by atoms with E-state index < -0.39 is 16.1 Å². The summed E-state index contributed by atoms with van der Waals surface area (Å²) < 4.78 is 7.04. The number of hydrogen-bond donors (Lipinski definition) is 2. The molecule has 0 atom stereocenters. The summed E-state index contributed by atoms with van der Waals surface area (Å²) in [7, 11) is -0.655. The summed E-state index contributed by atoms with van der Waals surface area (Å²) in [6, 6.07) is 12.4. The van der Waals surface area contributed by atoms with Gasteiger partial charge in [0.05, 0.1) is 35.2 Å². The van der Waals surface area contributed by atoms with Crippen LogP contribution in [-0.4, -0.2) is 52.0 Å². The first-order chi connectivity index (χ1) is 16.7. The van der Waals surface area contributed by atoms with Crippen molar-refractivity contribution in [3.8, 4) is 5.75 Å². The molecule has 0 aliphatic heterocycles. The van der Waals surface area contributed by atoms with Crippen LogP contribution in [0, 0.1) is 6.92 Å². The topological polar surface area (TPSA) is 86.3 Å². The zero-order chi connectivity index (χ0) is 27.3. The Bertz CT molecular complexity index is 1210. The van der Waals surface area contributed by atoms with Crippen LogP contribution >= 0.6 is 11.6 Å². The van der Waals surface area contributed by atoms with Gasteiger partial charge in [-0.25, -0.2) is 0 Å². The van der Waals surface area contributed by atoms with Crippen LogP contribution < -0.4 is 15.8 Å². The summed E-state index contributed by atoms with van der Waals surface area (Å²) in [6.45, 7) is 15.3. The highest BCUT2D eigenvalue weighted by atomic mass is 35.5. The molecule has 3 aromatic rings. The highest BCUT2D eigenvalue weighted by Crippen LogP contribution is 2.31. The maximum Gasteiger partial charge on any atom is 0.262 e. The number of nitrogens with two attached hydrogens (primary N) is 1. The Labute approximate surface area is 222 Å². The van der Waals surface area contributed by atoms with Gasteiger partial charge in [-0.05, 0) is 61.1 Å². The van der Waals surface area contributed by atoms with Crippen molar-refractivity contribution in [1.82, 2.24) is 9.88 Å². The van der Waals surface area contributed by atoms with Crippen LogP contribution in [0.2, 0.25) is 44.3 Å². The predicted octanol–water partition coefficient (Wildman–Crippen LogP) is 5.66. The number of aromatic nitrogens is 1. The van der Waals surface area contributed by atoms with Crippen LogP contribution in [0.4, 0.5) is 0 Å². The molecule has 1 heterocycles. The van der Waals surface area contributed by atoms with Crippen molar-refractivity contribution >= 4 is 50.5 Å². The van der Waals surface area contributed by atoms with Crippen LogP contribution in [-0.2, 0) is 11.2 Å². The van der Waals surface area contributed by atoms with E-state index in [1.165, 1.54) is 0 Å². The third kappa shape index (κ3) is 8.33. The summed E-state index contributed by atoms with van der Waals surface area (Å²) in [5.41, 5.74) is 8.23. The van der Waals surface area contributed by atoms with Crippen LogP contribution in [0.1, 0.15) is 21.6 Å². The van der Waals surface area contributed by atoms with E-state index in [4.69, 9.17) is 22.1 Å². The Morgan fingerprint density at radius 1 is 1.00 bits per heavy atom. The zero-order valence-electron chi connectivity index (χ0n) is 22.8. The highest BCUT2D eigenvalue weighted by Gasteiger charge is 2.23. The minimum absolute atomic E-state index is 0.0404. The Hall–Kier alpha value is -2.40. The van der Waals surface area contributed by atoms with Crippen LogP contribution in [0.5, 0.6) is 5.75 Å². The number of amides is 1. The van der Waals surface area contributed by atoms with Gasteiger partial charge in [-0.2, -0.15) is 0 Å². The quantitative estimate of drug-likeness (QED) is 0.375. The van der Waals surface area contributed by atoms with Crippen molar-refractivity contribution in [2.45, 2.75) is 52.6 Å². The summed E-state index contributed by atoms with van der Waals surface area (Å²) in [4.78, 5) is 26.0. The monoisotopic (exact) mass is 545 g/mol. The molecule has 1 aromatic heterocycles. The smallest absolute Gasteiger partial charge is 0.262 e. The van der Waals surface area contributed by atoms with Gasteiger partial charge in [-0.1, -0.05) is 50.9 Å². The first-order valence-corrected chi connectivity index (χ1v) is 19.9. The number of halogens is 1. The molecule has 0 bridgehead atoms. The molecule has 2 aromatic carbocycles. The lowest BCUT2D eigenvalue weighted by molar-refractivity contribution is -0.120. The summed E-state index contributed by atoms with van der Waals surface area (Å²) in [6.07, 6.45) is 1.84. The molecule has 0 radical (unpaired) electrons. The largest absolute Gasteiger partial charge is 0.497 e. The molecule has 0 aliphatic carbocycles. The molecule has 0 aliphatic rings. The molecule has 3 rings (SSSR count). The van der Waals surface area contributed by atoms with E-state index in [1.807, 2.05) is 25.1 Å². The van der Waals surface area contributed by atoms with Gasteiger partial charge < -0.3 is 15.8 Å². The molecule has 0 unspecified atom stereocenters. The summed E-state index contributed by atoms with van der Waals surface area (Å²) in [5.74, 6) is 0.483. The molecule has 196 valence electrons. The Kier molecular flexibility index (Phi) is 10.1. The number of methoxy groups -OCH3 is 1. The standard InChI is InChI=1S/C23H27ClN2O3Si.C4H13NSi/c1-15-19(13-22(27)25-14-30(3,4)5)20-12-18(29-2)10-11-21(20)26(15)23(28)16-6-8-17(24)9-7-16;1-6(2,3)4-5/h6-12H,13-14H2,1-5H3,(H,25,27);4-5H2,1-3H3. The fourth-order valence-corrected chi connectivity index (χ4v) is 4.24. The minimum Gasteiger partial charge on any atom is -0.497 e. The number of nitrogens with one attached hydrogen (secondary N) is 1. The van der Waals surface area contributed by atoms with E-state index in [9.17, 15) is 9.59 Å². The van der Waals surface area contributed by atoms with Gasteiger partial charge in [0.15, 0.2) is 0 Å². The first kappa shape index (κ1) is 29.8. The first-order valence-electron chi connectivity index (χ1n) is 12.1. The number of carbonyl (C=O) groups excluding carboxylic acids is 2. The van der Waals surface area contributed by atoms with Crippen molar-refractivity contribution in [2.75, 3.05) is 19.4 Å². The van der Waals surface area contributed by atoms with Gasteiger partial charge in [0, 0.05) is 27.8 Å². The number of hydrogen-bond acceptors (Lipinski definition) is 4. The molecule has 3 N–H and O–H groups in total. The van der Waals surface area contributed by atoms with Crippen LogP contribution in [0.3, 0.4) is 0 Å². The maximum absolute atomic E-state index is 13.3. The molecule has 9 heteroatoms. The fourth-order valence-electron chi connectivity index (χ4n) is 3.38. The molecule has 0 spiro atoms. The maximum atomic E-state index is 13.3. The number of ether oxygens (including phenoxy) is 1. The van der Waals surface area contributed by atoms with Crippen molar-refractivity contribution in [1.29, 1.82) is 0 Å². The lowest BCUT2D eigenvalue weighted by Gasteiger charge is -2.16. The van der Waals surface area contributed by atoms with Gasteiger partial charge in [-0.3, -0.25) is 14.2 Å². The van der Waals surface area contributed by atoms with Crippen LogP contribution in [0.15, 0.2) is 42.5 Å². The van der Waals surface area contributed by atoms with E-state index in [2.05, 4.69) is 44.6 Å². The normalized spacial score (nSPS) is 11.6. The Balaban J connectivity index is 0.000000678. The van der Waals surface area contributed by atoms with Crippen LogP contribution in [0.25, 0.3) is 10.9 Å². The second-order valence-corrected chi connectivity index (χ2v) is 22.8. The van der Waals surface area contributed by atoms with E-state index in [1.54, 1.807) is 35.9 Å². The van der Waals surface area contributed by atoms with Gasteiger partial charge in [0.2, 0.25) is 5.91 Å². The molecule has 0 saturated heterocycles. The average Bonchev–Trinajstić information content (AvgIpc) is 3.07. The number of fused-ring (bicyclic) bond motifs is 1.